The molecule has 0 fully saturated rings. The van der Waals surface area contributed by atoms with Crippen molar-refractivity contribution in [3.63, 3.8) is 0 Å². The molecule has 1 N–H and O–H groups in total. The van der Waals surface area contributed by atoms with E-state index in [9.17, 15) is 9.90 Å². The lowest BCUT2D eigenvalue weighted by atomic mass is 10.1. The third-order valence-corrected chi connectivity index (χ3v) is 3.11. The van der Waals surface area contributed by atoms with Gasteiger partial charge in [-0.25, -0.2) is 4.79 Å². The molecule has 0 saturated heterocycles. The number of hydrogen-bond acceptors (Lipinski definition) is 5. The van der Waals surface area contributed by atoms with Crippen LogP contribution >= 0.6 is 0 Å². The number of ether oxygens (including phenoxy) is 1. The maximum atomic E-state index is 11.3. The fourth-order valence-corrected chi connectivity index (χ4v) is 2.19. The van der Waals surface area contributed by atoms with Gasteiger partial charge in [0.25, 0.3) is 0 Å². The topological polar surface area (TPSA) is 85.7 Å². The first-order chi connectivity index (χ1) is 10.0. The summed E-state index contributed by atoms with van der Waals surface area (Å²) in [6.45, 7) is 3.68. The van der Waals surface area contributed by atoms with Gasteiger partial charge in [-0.2, -0.15) is 0 Å². The maximum Gasteiger partial charge on any atom is 0.339 e. The Morgan fingerprint density at radius 1 is 1.33 bits per heavy atom. The zero-order valence-corrected chi connectivity index (χ0v) is 11.5. The summed E-state index contributed by atoms with van der Waals surface area (Å²) in [5, 5.41) is 13.5. The maximum absolute atomic E-state index is 11.3. The summed E-state index contributed by atoms with van der Waals surface area (Å²) in [6.07, 6.45) is 0. The highest BCUT2D eigenvalue weighted by atomic mass is 16.5. The molecule has 0 amide bonds. The Balaban J connectivity index is 1.89. The minimum atomic E-state index is -1.02. The van der Waals surface area contributed by atoms with Crippen molar-refractivity contribution in [2.75, 3.05) is 0 Å². The number of aromatic carboxylic acids is 1. The number of fused-ring (bicyclic) bond motifs is 1. The van der Waals surface area contributed by atoms with Crippen LogP contribution in [0.4, 0.5) is 0 Å². The van der Waals surface area contributed by atoms with Gasteiger partial charge in [0.2, 0.25) is 0 Å². The smallest absolute Gasteiger partial charge is 0.339 e. The summed E-state index contributed by atoms with van der Waals surface area (Å²) >= 11 is 0. The highest BCUT2D eigenvalue weighted by Crippen LogP contribution is 2.29. The summed E-state index contributed by atoms with van der Waals surface area (Å²) in [7, 11) is 0. The standard InChI is InChI=1S/C15H13NO5/c1-8-5-11(21-16-8)7-19-10-3-4-13-12(6-10)14(15(17)18)9(2)20-13/h3-6H,7H2,1-2H3,(H,17,18). The van der Waals surface area contributed by atoms with Crippen LogP contribution in [-0.4, -0.2) is 16.2 Å². The van der Waals surface area contributed by atoms with Gasteiger partial charge in [-0.15, -0.1) is 0 Å². The molecule has 3 rings (SSSR count). The zero-order valence-electron chi connectivity index (χ0n) is 11.5. The number of carbonyl (C=O) groups is 1. The molecule has 6 nitrogen and oxygen atoms in total. The van der Waals surface area contributed by atoms with Crippen LogP contribution in [0, 0.1) is 13.8 Å². The molecule has 0 bridgehead atoms. The van der Waals surface area contributed by atoms with E-state index in [1.807, 2.05) is 6.92 Å². The summed E-state index contributed by atoms with van der Waals surface area (Å²) in [5.74, 6) is 0.504. The number of carboxylic acids is 1. The first kappa shape index (κ1) is 13.2. The number of rotatable bonds is 4. The van der Waals surface area contributed by atoms with Gasteiger partial charge in [0, 0.05) is 11.5 Å². The summed E-state index contributed by atoms with van der Waals surface area (Å²) in [4.78, 5) is 11.3. The molecule has 0 atom stereocenters. The van der Waals surface area contributed by atoms with Gasteiger partial charge in [-0.05, 0) is 32.0 Å². The van der Waals surface area contributed by atoms with E-state index in [0.29, 0.717) is 28.2 Å². The van der Waals surface area contributed by atoms with E-state index in [1.54, 1.807) is 31.2 Å². The lowest BCUT2D eigenvalue weighted by Crippen LogP contribution is -1.97. The fraction of sp³-hybridized carbons (Fsp3) is 0.200. The Labute approximate surface area is 119 Å². The molecule has 0 aliphatic carbocycles. The van der Waals surface area contributed by atoms with E-state index in [4.69, 9.17) is 13.7 Å². The minimum absolute atomic E-state index is 0.158. The van der Waals surface area contributed by atoms with E-state index >= 15 is 0 Å². The Morgan fingerprint density at radius 2 is 2.14 bits per heavy atom. The van der Waals surface area contributed by atoms with Crippen LogP contribution in [0.5, 0.6) is 5.75 Å². The third kappa shape index (κ3) is 2.47. The second kappa shape index (κ2) is 4.97. The van der Waals surface area contributed by atoms with E-state index in [0.717, 1.165) is 5.69 Å². The number of hydrogen-bond donors (Lipinski definition) is 1. The van der Waals surface area contributed by atoms with Crippen molar-refractivity contribution in [3.05, 3.63) is 47.0 Å². The van der Waals surface area contributed by atoms with Gasteiger partial charge in [-0.1, -0.05) is 5.16 Å². The normalized spacial score (nSPS) is 11.0. The van der Waals surface area contributed by atoms with Crippen LogP contribution in [0.3, 0.4) is 0 Å². The fourth-order valence-electron chi connectivity index (χ4n) is 2.19. The summed E-state index contributed by atoms with van der Waals surface area (Å²) in [6, 6.07) is 6.84. The molecule has 3 aromatic rings. The van der Waals surface area contributed by atoms with Crippen LogP contribution in [-0.2, 0) is 6.61 Å². The Kier molecular flexibility index (Phi) is 3.13. The minimum Gasteiger partial charge on any atom is -0.486 e. The summed E-state index contributed by atoms with van der Waals surface area (Å²) in [5.41, 5.74) is 1.46. The number of nitrogens with zero attached hydrogens (tertiary/aromatic N) is 1. The number of benzene rings is 1. The average Bonchev–Trinajstić information content (AvgIpc) is 2.98. The SMILES string of the molecule is Cc1cc(COc2ccc3oc(C)c(C(=O)O)c3c2)on1. The summed E-state index contributed by atoms with van der Waals surface area (Å²) < 4.78 is 16.1. The highest BCUT2D eigenvalue weighted by molar-refractivity contribution is 6.03. The average molecular weight is 287 g/mol. The van der Waals surface area contributed by atoms with Gasteiger partial charge < -0.3 is 18.8 Å². The molecule has 2 heterocycles. The number of furan rings is 1. The van der Waals surface area contributed by atoms with Gasteiger partial charge in [0.1, 0.15) is 29.3 Å². The molecule has 0 unspecified atom stereocenters. The van der Waals surface area contributed by atoms with Gasteiger partial charge >= 0.3 is 5.97 Å². The van der Waals surface area contributed by atoms with Crippen molar-refractivity contribution in [3.8, 4) is 5.75 Å². The van der Waals surface area contributed by atoms with Crippen LogP contribution in [0.25, 0.3) is 11.0 Å². The quantitative estimate of drug-likeness (QED) is 0.792. The Morgan fingerprint density at radius 3 is 2.81 bits per heavy atom. The van der Waals surface area contributed by atoms with Crippen molar-refractivity contribution >= 4 is 16.9 Å². The zero-order chi connectivity index (χ0) is 15.0. The molecule has 0 aliphatic rings. The lowest BCUT2D eigenvalue weighted by Gasteiger charge is -2.03. The van der Waals surface area contributed by atoms with E-state index in [1.165, 1.54) is 0 Å². The van der Waals surface area contributed by atoms with Gasteiger partial charge in [0.05, 0.1) is 5.69 Å². The molecule has 108 valence electrons. The first-order valence-corrected chi connectivity index (χ1v) is 6.36. The lowest BCUT2D eigenvalue weighted by molar-refractivity contribution is 0.0697. The Bertz CT molecular complexity index is 815. The molecule has 0 spiro atoms. The molecule has 1 aromatic carbocycles. The van der Waals surface area contributed by atoms with E-state index < -0.39 is 5.97 Å². The molecule has 0 saturated carbocycles. The largest absolute Gasteiger partial charge is 0.486 e. The van der Waals surface area contributed by atoms with E-state index in [-0.39, 0.29) is 12.2 Å². The van der Waals surface area contributed by atoms with Crippen molar-refractivity contribution in [1.82, 2.24) is 5.16 Å². The van der Waals surface area contributed by atoms with Gasteiger partial charge in [0.15, 0.2) is 5.76 Å². The third-order valence-electron chi connectivity index (χ3n) is 3.11. The molecule has 0 radical (unpaired) electrons. The molecule has 21 heavy (non-hydrogen) atoms. The number of aryl methyl sites for hydroxylation is 2. The van der Waals surface area contributed by atoms with Crippen LogP contribution in [0.2, 0.25) is 0 Å². The van der Waals surface area contributed by atoms with Crippen molar-refractivity contribution in [1.29, 1.82) is 0 Å². The number of carboxylic acid groups (broad SMARTS) is 1. The highest BCUT2D eigenvalue weighted by Gasteiger charge is 2.17. The molecule has 6 heteroatoms. The van der Waals surface area contributed by atoms with Crippen LogP contribution in [0.15, 0.2) is 33.2 Å². The van der Waals surface area contributed by atoms with Gasteiger partial charge in [-0.3, -0.25) is 0 Å². The Hall–Kier alpha value is -2.76. The second-order valence-corrected chi connectivity index (χ2v) is 4.72. The van der Waals surface area contributed by atoms with Crippen LogP contribution in [0.1, 0.15) is 27.6 Å². The van der Waals surface area contributed by atoms with Crippen LogP contribution < -0.4 is 4.74 Å². The molecular formula is C15H13NO5. The molecule has 0 aliphatic heterocycles. The predicted molar refractivity (Wildman–Crippen MR) is 73.5 cm³/mol. The predicted octanol–water partition coefficient (Wildman–Crippen LogP) is 3.31. The number of aromatic nitrogens is 1. The van der Waals surface area contributed by atoms with Crippen molar-refractivity contribution < 1.29 is 23.6 Å². The monoisotopic (exact) mass is 287 g/mol. The molecule has 2 aromatic heterocycles. The van der Waals surface area contributed by atoms with E-state index in [2.05, 4.69) is 5.16 Å². The van der Waals surface area contributed by atoms with Crippen molar-refractivity contribution in [2.45, 2.75) is 20.5 Å². The van der Waals surface area contributed by atoms with Crippen molar-refractivity contribution in [2.24, 2.45) is 0 Å². The molecular weight excluding hydrogens is 274 g/mol. The first-order valence-electron chi connectivity index (χ1n) is 6.36. The second-order valence-electron chi connectivity index (χ2n) is 4.72.